The van der Waals surface area contributed by atoms with Crippen molar-refractivity contribution in [3.05, 3.63) is 83.2 Å². The maximum atomic E-state index is 13.7. The van der Waals surface area contributed by atoms with Crippen molar-refractivity contribution in [3.8, 4) is 11.3 Å². The molecule has 2 N–H and O–H groups in total. The van der Waals surface area contributed by atoms with Gasteiger partial charge in [-0.25, -0.2) is 31.2 Å². The van der Waals surface area contributed by atoms with Crippen LogP contribution in [0.2, 0.25) is 0 Å². The zero-order chi connectivity index (χ0) is 30.5. The minimum atomic E-state index is -3.96. The molecule has 0 spiro atoms. The number of carbonyl (C=O) groups excluding carboxylic acids is 1. The van der Waals surface area contributed by atoms with Gasteiger partial charge in [-0.3, -0.25) is 4.79 Å². The number of amides is 1. The average Bonchev–Trinajstić information content (AvgIpc) is 3.62. The van der Waals surface area contributed by atoms with E-state index < -0.39 is 25.8 Å². The second kappa shape index (κ2) is 10.6. The quantitative estimate of drug-likeness (QED) is 0.268. The van der Waals surface area contributed by atoms with Gasteiger partial charge in [0.05, 0.1) is 50.5 Å². The van der Waals surface area contributed by atoms with Crippen molar-refractivity contribution in [2.75, 3.05) is 21.5 Å². The first-order chi connectivity index (χ1) is 20.4. The lowest BCUT2D eigenvalue weighted by molar-refractivity contribution is 0.102. The fourth-order valence-corrected chi connectivity index (χ4v) is 7.82. The summed E-state index contributed by atoms with van der Waals surface area (Å²) in [7, 11) is -7.15. The Hall–Kier alpha value is -4.56. The van der Waals surface area contributed by atoms with Crippen molar-refractivity contribution in [2.45, 2.75) is 38.1 Å². The van der Waals surface area contributed by atoms with Gasteiger partial charge in [-0.2, -0.15) is 5.10 Å². The number of sulfonamides is 1. The van der Waals surface area contributed by atoms with Crippen LogP contribution < -0.4 is 10.0 Å². The molecule has 1 amide bonds. The number of carbonyl (C=O) groups is 1. The highest BCUT2D eigenvalue weighted by molar-refractivity contribution is 7.92. The van der Waals surface area contributed by atoms with E-state index in [1.165, 1.54) is 24.3 Å². The Morgan fingerprint density at radius 1 is 1.02 bits per heavy atom. The minimum Gasteiger partial charge on any atom is -0.337 e. The molecule has 0 saturated carbocycles. The number of anilines is 2. The first kappa shape index (κ1) is 28.6. The van der Waals surface area contributed by atoms with E-state index in [1.807, 2.05) is 30.3 Å². The van der Waals surface area contributed by atoms with Crippen molar-refractivity contribution in [2.24, 2.45) is 0 Å². The molecule has 4 heterocycles. The molecule has 1 aliphatic rings. The molecule has 6 rings (SSSR count). The van der Waals surface area contributed by atoms with Crippen LogP contribution in [0, 0.1) is 20.8 Å². The number of rotatable bonds is 7. The molecule has 2 aromatic carbocycles. The van der Waals surface area contributed by atoms with E-state index in [9.17, 15) is 21.6 Å². The maximum Gasteiger partial charge on any atom is 0.264 e. The number of pyridine rings is 1. The first-order valence-electron chi connectivity index (χ1n) is 13.4. The largest absolute Gasteiger partial charge is 0.337 e. The summed E-state index contributed by atoms with van der Waals surface area (Å²) in [5.41, 5.74) is 4.12. The van der Waals surface area contributed by atoms with Crippen LogP contribution in [0.5, 0.6) is 0 Å². The standard InChI is InChI=1S/C29H28N6O6S2/c1-17-18(2)33-41-29(17)34-43(39,40)23-11-9-21(10-12-23)30-28(36)24-15-25(20-7-5-4-6-8-20)31-27-26(24)19(3)32-35(27)22-13-14-42(37,38)16-22/h4-12,15,22,34H,13-14,16H2,1-3H3,(H,30,36). The molecule has 43 heavy (non-hydrogen) atoms. The summed E-state index contributed by atoms with van der Waals surface area (Å²) >= 11 is 0. The number of aryl methyl sites for hydroxylation is 2. The summed E-state index contributed by atoms with van der Waals surface area (Å²) < 4.78 is 59.3. The highest BCUT2D eigenvalue weighted by Crippen LogP contribution is 2.32. The molecule has 222 valence electrons. The van der Waals surface area contributed by atoms with E-state index in [1.54, 1.807) is 31.5 Å². The Balaban J connectivity index is 1.34. The molecule has 1 unspecified atom stereocenters. The van der Waals surface area contributed by atoms with Crippen LogP contribution in [0.4, 0.5) is 11.6 Å². The Bertz CT molecular complexity index is 2090. The molecule has 3 aromatic heterocycles. The van der Waals surface area contributed by atoms with Gasteiger partial charge in [0.25, 0.3) is 15.9 Å². The highest BCUT2D eigenvalue weighted by Gasteiger charge is 2.32. The predicted octanol–water partition coefficient (Wildman–Crippen LogP) is 4.42. The average molecular weight is 621 g/mol. The van der Waals surface area contributed by atoms with Gasteiger partial charge in [0, 0.05) is 16.8 Å². The van der Waals surface area contributed by atoms with Crippen LogP contribution in [0.15, 0.2) is 70.1 Å². The smallest absolute Gasteiger partial charge is 0.264 e. The molecule has 0 bridgehead atoms. The predicted molar refractivity (Wildman–Crippen MR) is 161 cm³/mol. The number of fused-ring (bicyclic) bond motifs is 1. The van der Waals surface area contributed by atoms with E-state index in [-0.39, 0.29) is 28.3 Å². The van der Waals surface area contributed by atoms with Crippen LogP contribution in [0.25, 0.3) is 22.3 Å². The zero-order valence-corrected chi connectivity index (χ0v) is 25.2. The van der Waals surface area contributed by atoms with E-state index in [2.05, 4.69) is 20.3 Å². The van der Waals surface area contributed by atoms with Gasteiger partial charge in [0.2, 0.25) is 5.88 Å². The molecule has 1 atom stereocenters. The molecule has 0 radical (unpaired) electrons. The number of hydrogen-bond acceptors (Lipinski definition) is 9. The van der Waals surface area contributed by atoms with E-state index in [0.717, 1.165) is 5.56 Å². The van der Waals surface area contributed by atoms with Crippen LogP contribution >= 0.6 is 0 Å². The van der Waals surface area contributed by atoms with Crippen molar-refractivity contribution >= 4 is 48.4 Å². The fraction of sp³-hybridized carbons (Fsp3) is 0.241. The van der Waals surface area contributed by atoms with E-state index >= 15 is 0 Å². The number of nitrogens with one attached hydrogen (secondary N) is 2. The van der Waals surface area contributed by atoms with Gasteiger partial charge in [-0.05, 0) is 57.5 Å². The second-order valence-corrected chi connectivity index (χ2v) is 14.4. The summed E-state index contributed by atoms with van der Waals surface area (Å²) in [5.74, 6) is -0.380. The van der Waals surface area contributed by atoms with Gasteiger partial charge in [0.15, 0.2) is 15.5 Å². The molecule has 14 heteroatoms. The van der Waals surface area contributed by atoms with Crippen molar-refractivity contribution in [3.63, 3.8) is 0 Å². The molecular formula is C29H28N6O6S2. The number of benzene rings is 2. The number of hydrogen-bond donors (Lipinski definition) is 2. The number of sulfone groups is 1. The fourth-order valence-electron chi connectivity index (χ4n) is 5.08. The lowest BCUT2D eigenvalue weighted by Gasteiger charge is -2.13. The van der Waals surface area contributed by atoms with Crippen LogP contribution in [0.1, 0.15) is 39.8 Å². The molecule has 1 aliphatic heterocycles. The third-order valence-corrected chi connectivity index (χ3v) is 10.6. The minimum absolute atomic E-state index is 0.0275. The Labute approximate surface area is 248 Å². The molecule has 1 saturated heterocycles. The summed E-state index contributed by atoms with van der Waals surface area (Å²) in [6, 6.07) is 16.4. The molecule has 0 aliphatic carbocycles. The third kappa shape index (κ3) is 5.50. The molecular weight excluding hydrogens is 592 g/mol. The van der Waals surface area contributed by atoms with E-state index in [0.29, 0.717) is 51.4 Å². The normalized spacial score (nSPS) is 16.4. The van der Waals surface area contributed by atoms with Crippen LogP contribution in [0.3, 0.4) is 0 Å². The number of aromatic nitrogens is 4. The lowest BCUT2D eigenvalue weighted by atomic mass is 10.0. The monoisotopic (exact) mass is 620 g/mol. The third-order valence-electron chi connectivity index (χ3n) is 7.51. The van der Waals surface area contributed by atoms with E-state index in [4.69, 9.17) is 9.51 Å². The van der Waals surface area contributed by atoms with Gasteiger partial charge >= 0.3 is 0 Å². The molecule has 5 aromatic rings. The summed E-state index contributed by atoms with van der Waals surface area (Å²) in [6.45, 7) is 5.16. The summed E-state index contributed by atoms with van der Waals surface area (Å²) in [5, 5.41) is 11.8. The molecule has 1 fully saturated rings. The Morgan fingerprint density at radius 3 is 2.37 bits per heavy atom. The van der Waals surface area contributed by atoms with Crippen LogP contribution in [-0.4, -0.2) is 54.2 Å². The lowest BCUT2D eigenvalue weighted by Crippen LogP contribution is -2.15. The summed E-state index contributed by atoms with van der Waals surface area (Å²) in [6.07, 6.45) is 0.414. The van der Waals surface area contributed by atoms with Gasteiger partial charge in [-0.1, -0.05) is 35.5 Å². The zero-order valence-electron chi connectivity index (χ0n) is 23.5. The second-order valence-electron chi connectivity index (χ2n) is 10.5. The van der Waals surface area contributed by atoms with Crippen molar-refractivity contribution < 1.29 is 26.2 Å². The SMILES string of the molecule is Cc1noc(NS(=O)(=O)c2ccc(NC(=O)c3cc(-c4ccccc4)nc4c3c(C)nn4C3CCS(=O)(=O)C3)cc2)c1C. The van der Waals surface area contributed by atoms with Crippen molar-refractivity contribution in [1.82, 2.24) is 19.9 Å². The van der Waals surface area contributed by atoms with Gasteiger partial charge < -0.3 is 9.84 Å². The van der Waals surface area contributed by atoms with Crippen LogP contribution in [-0.2, 0) is 19.9 Å². The summed E-state index contributed by atoms with van der Waals surface area (Å²) in [4.78, 5) is 18.5. The topological polar surface area (TPSA) is 166 Å². The highest BCUT2D eigenvalue weighted by atomic mass is 32.2. The first-order valence-corrected chi connectivity index (χ1v) is 16.7. The van der Waals surface area contributed by atoms with Crippen molar-refractivity contribution in [1.29, 1.82) is 0 Å². The van der Waals surface area contributed by atoms with Gasteiger partial charge in [0.1, 0.15) is 0 Å². The Kier molecular flexibility index (Phi) is 7.05. The Morgan fingerprint density at radius 2 is 1.74 bits per heavy atom. The maximum absolute atomic E-state index is 13.7. The molecule has 12 nitrogen and oxygen atoms in total. The van der Waals surface area contributed by atoms with Gasteiger partial charge in [-0.15, -0.1) is 0 Å². The number of nitrogens with zero attached hydrogens (tertiary/aromatic N) is 4.